The molecule has 6 heteroatoms. The van der Waals surface area contributed by atoms with E-state index in [1.165, 1.54) is 12.8 Å². The number of nitro groups is 1. The Morgan fingerprint density at radius 1 is 1.47 bits per heavy atom. The molecular formula is C11H16N4O2. The number of hydrogen-bond acceptors (Lipinski definition) is 5. The molecule has 0 heterocycles. The van der Waals surface area contributed by atoms with Crippen LogP contribution in [0.25, 0.3) is 0 Å². The molecule has 6 nitrogen and oxygen atoms in total. The van der Waals surface area contributed by atoms with Gasteiger partial charge in [0.15, 0.2) is 0 Å². The van der Waals surface area contributed by atoms with Crippen molar-refractivity contribution in [1.82, 2.24) is 0 Å². The van der Waals surface area contributed by atoms with E-state index in [1.807, 2.05) is 0 Å². The molecule has 1 saturated carbocycles. The van der Waals surface area contributed by atoms with Crippen molar-refractivity contribution in [1.29, 1.82) is 0 Å². The number of nitrogens with two attached hydrogens (primary N) is 1. The lowest BCUT2D eigenvalue weighted by atomic mass is 10.1. The number of hydrazine groups is 1. The molecule has 0 radical (unpaired) electrons. The molecule has 0 atom stereocenters. The van der Waals surface area contributed by atoms with Crippen molar-refractivity contribution in [3.05, 3.63) is 28.3 Å². The Kier molecular flexibility index (Phi) is 2.89. The highest BCUT2D eigenvalue weighted by atomic mass is 16.6. The molecule has 1 aromatic rings. The van der Waals surface area contributed by atoms with Gasteiger partial charge in [0.25, 0.3) is 0 Å². The molecule has 0 aromatic heterocycles. The number of nitro benzene ring substituents is 1. The fourth-order valence-electron chi connectivity index (χ4n) is 1.70. The number of nitrogens with one attached hydrogen (secondary N) is 2. The zero-order valence-corrected chi connectivity index (χ0v) is 9.69. The van der Waals surface area contributed by atoms with Gasteiger partial charge in [0.2, 0.25) is 0 Å². The molecule has 92 valence electrons. The second-order valence-corrected chi connectivity index (χ2v) is 4.77. The lowest BCUT2D eigenvalue weighted by Crippen LogP contribution is -2.14. The van der Waals surface area contributed by atoms with Crippen LogP contribution in [0, 0.1) is 15.5 Å². The van der Waals surface area contributed by atoms with E-state index < -0.39 is 4.92 Å². The fraction of sp³-hybridized carbons (Fsp3) is 0.455. The smallest absolute Gasteiger partial charge is 0.316 e. The highest BCUT2D eigenvalue weighted by Crippen LogP contribution is 2.45. The van der Waals surface area contributed by atoms with Crippen molar-refractivity contribution < 1.29 is 4.92 Å². The molecule has 0 spiro atoms. The molecule has 0 amide bonds. The highest BCUT2D eigenvalue weighted by Gasteiger charge is 2.37. The van der Waals surface area contributed by atoms with Crippen LogP contribution < -0.4 is 16.6 Å². The number of para-hydroxylation sites is 1. The number of benzene rings is 1. The number of nitrogen functional groups attached to an aromatic ring is 1. The quantitative estimate of drug-likeness (QED) is 0.413. The summed E-state index contributed by atoms with van der Waals surface area (Å²) in [5.41, 5.74) is 3.47. The predicted octanol–water partition coefficient (Wildman–Crippen LogP) is 2.09. The normalized spacial score (nSPS) is 16.4. The molecule has 17 heavy (non-hydrogen) atoms. The molecular weight excluding hydrogens is 220 g/mol. The van der Waals surface area contributed by atoms with Crippen LogP contribution in [0.2, 0.25) is 0 Å². The van der Waals surface area contributed by atoms with Crippen LogP contribution in [0.5, 0.6) is 0 Å². The van der Waals surface area contributed by atoms with Gasteiger partial charge in [0.05, 0.1) is 4.92 Å². The zero-order valence-electron chi connectivity index (χ0n) is 9.69. The molecule has 0 saturated heterocycles. The second-order valence-electron chi connectivity index (χ2n) is 4.77. The van der Waals surface area contributed by atoms with Crippen molar-refractivity contribution in [2.45, 2.75) is 19.8 Å². The van der Waals surface area contributed by atoms with Crippen molar-refractivity contribution in [2.24, 2.45) is 11.3 Å². The van der Waals surface area contributed by atoms with Crippen LogP contribution in [-0.4, -0.2) is 11.5 Å². The molecule has 2 rings (SSSR count). The van der Waals surface area contributed by atoms with Gasteiger partial charge in [-0.2, -0.15) is 0 Å². The Hall–Kier alpha value is -1.82. The SMILES string of the molecule is CC1(CNc2cccc(NN)c2[N+](=O)[O-])CC1. The van der Waals surface area contributed by atoms with Gasteiger partial charge in [-0.3, -0.25) is 16.0 Å². The molecule has 0 unspecified atom stereocenters. The summed E-state index contributed by atoms with van der Waals surface area (Å²) in [6.07, 6.45) is 2.34. The van der Waals surface area contributed by atoms with E-state index in [0.29, 0.717) is 16.8 Å². The molecule has 1 aromatic carbocycles. The third-order valence-corrected chi connectivity index (χ3v) is 3.18. The van der Waals surface area contributed by atoms with Crippen LogP contribution in [0.1, 0.15) is 19.8 Å². The zero-order chi connectivity index (χ0) is 12.5. The van der Waals surface area contributed by atoms with Crippen molar-refractivity contribution in [2.75, 3.05) is 17.3 Å². The summed E-state index contributed by atoms with van der Waals surface area (Å²) in [4.78, 5) is 10.6. The first-order chi connectivity index (χ1) is 8.06. The van der Waals surface area contributed by atoms with Crippen molar-refractivity contribution >= 4 is 17.1 Å². The lowest BCUT2D eigenvalue weighted by molar-refractivity contribution is -0.383. The first-order valence-corrected chi connectivity index (χ1v) is 5.54. The lowest BCUT2D eigenvalue weighted by Gasteiger charge is -2.13. The average Bonchev–Trinajstić information content (AvgIpc) is 3.04. The Morgan fingerprint density at radius 3 is 2.65 bits per heavy atom. The maximum absolute atomic E-state index is 11.0. The highest BCUT2D eigenvalue weighted by molar-refractivity contribution is 5.75. The Labute approximate surface area is 99.3 Å². The summed E-state index contributed by atoms with van der Waals surface area (Å²) in [7, 11) is 0. The average molecular weight is 236 g/mol. The van der Waals surface area contributed by atoms with Gasteiger partial charge < -0.3 is 10.7 Å². The van der Waals surface area contributed by atoms with Gasteiger partial charge >= 0.3 is 5.69 Å². The van der Waals surface area contributed by atoms with E-state index in [9.17, 15) is 10.1 Å². The maximum atomic E-state index is 11.0. The molecule has 0 bridgehead atoms. The second kappa shape index (κ2) is 4.21. The summed E-state index contributed by atoms with van der Waals surface area (Å²) >= 11 is 0. The minimum atomic E-state index is -0.424. The van der Waals surface area contributed by atoms with Gasteiger partial charge in [0.1, 0.15) is 11.4 Å². The van der Waals surface area contributed by atoms with Crippen LogP contribution in [-0.2, 0) is 0 Å². The van der Waals surface area contributed by atoms with Gasteiger partial charge in [-0.05, 0) is 30.4 Å². The topological polar surface area (TPSA) is 93.2 Å². The first-order valence-electron chi connectivity index (χ1n) is 5.54. The predicted molar refractivity (Wildman–Crippen MR) is 66.7 cm³/mol. The number of hydrogen-bond donors (Lipinski definition) is 3. The van der Waals surface area contributed by atoms with E-state index in [2.05, 4.69) is 17.7 Å². The van der Waals surface area contributed by atoms with E-state index in [4.69, 9.17) is 5.84 Å². The van der Waals surface area contributed by atoms with Gasteiger partial charge in [-0.1, -0.05) is 13.0 Å². The van der Waals surface area contributed by atoms with E-state index >= 15 is 0 Å². The number of rotatable bonds is 5. The summed E-state index contributed by atoms with van der Waals surface area (Å²) < 4.78 is 0. The van der Waals surface area contributed by atoms with Crippen LogP contribution >= 0.6 is 0 Å². The van der Waals surface area contributed by atoms with Gasteiger partial charge in [-0.25, -0.2) is 0 Å². The number of nitrogens with zero attached hydrogens (tertiary/aromatic N) is 1. The summed E-state index contributed by atoms with van der Waals surface area (Å²) in [5.74, 6) is 5.27. The van der Waals surface area contributed by atoms with Crippen LogP contribution in [0.15, 0.2) is 18.2 Å². The molecule has 1 fully saturated rings. The van der Waals surface area contributed by atoms with Crippen LogP contribution in [0.4, 0.5) is 17.1 Å². The van der Waals surface area contributed by atoms with E-state index in [1.54, 1.807) is 18.2 Å². The van der Waals surface area contributed by atoms with Crippen LogP contribution in [0.3, 0.4) is 0 Å². The molecule has 0 aliphatic heterocycles. The minimum Gasteiger partial charge on any atom is -0.379 e. The molecule has 1 aliphatic rings. The van der Waals surface area contributed by atoms with E-state index in [0.717, 1.165) is 6.54 Å². The Morgan fingerprint density at radius 2 is 2.12 bits per heavy atom. The largest absolute Gasteiger partial charge is 0.379 e. The summed E-state index contributed by atoms with van der Waals surface area (Å²) in [6.45, 7) is 2.92. The standard InChI is InChI=1S/C11H16N4O2/c1-11(5-6-11)7-13-8-3-2-4-9(14-12)10(8)15(16)17/h2-4,13-14H,5-7,12H2,1H3. The summed E-state index contributed by atoms with van der Waals surface area (Å²) in [5, 5.41) is 14.1. The van der Waals surface area contributed by atoms with Gasteiger partial charge in [0, 0.05) is 6.54 Å². The Bertz CT molecular complexity index is 443. The minimum absolute atomic E-state index is 0.000694. The first kappa shape index (κ1) is 11.7. The van der Waals surface area contributed by atoms with E-state index in [-0.39, 0.29) is 5.69 Å². The maximum Gasteiger partial charge on any atom is 0.316 e. The number of anilines is 2. The third kappa shape index (κ3) is 2.47. The van der Waals surface area contributed by atoms with Crippen molar-refractivity contribution in [3.8, 4) is 0 Å². The molecule has 1 aliphatic carbocycles. The molecule has 4 N–H and O–H groups in total. The monoisotopic (exact) mass is 236 g/mol. The Balaban J connectivity index is 2.22. The summed E-state index contributed by atoms with van der Waals surface area (Å²) in [6, 6.07) is 5.02. The van der Waals surface area contributed by atoms with Gasteiger partial charge in [-0.15, -0.1) is 0 Å². The fourth-order valence-corrected chi connectivity index (χ4v) is 1.70. The third-order valence-electron chi connectivity index (χ3n) is 3.18. The van der Waals surface area contributed by atoms with Crippen molar-refractivity contribution in [3.63, 3.8) is 0 Å².